The van der Waals surface area contributed by atoms with E-state index in [1.54, 1.807) is 31.4 Å². The molecule has 0 bridgehead atoms. The molecule has 3 aliphatic rings. The molecule has 1 aromatic rings. The maximum absolute atomic E-state index is 13.1. The van der Waals surface area contributed by atoms with Crippen LogP contribution in [0, 0.1) is 16.7 Å². The molecule has 0 spiro atoms. The maximum atomic E-state index is 13.1. The number of hydrogen-bond acceptors (Lipinski definition) is 4. The summed E-state index contributed by atoms with van der Waals surface area (Å²) in [5.41, 5.74) is 1.02. The second-order valence-electron chi connectivity index (χ2n) is 9.95. The van der Waals surface area contributed by atoms with Gasteiger partial charge in [-0.05, 0) is 61.3 Å². The van der Waals surface area contributed by atoms with E-state index < -0.39 is 0 Å². The van der Waals surface area contributed by atoms with Crippen molar-refractivity contribution in [3.8, 4) is 5.75 Å². The lowest BCUT2D eigenvalue weighted by atomic mass is 9.48. The average Bonchev–Trinajstić information content (AvgIpc) is 3.07. The van der Waals surface area contributed by atoms with Crippen LogP contribution in [0.15, 0.2) is 24.3 Å². The summed E-state index contributed by atoms with van der Waals surface area (Å²) >= 11 is 0. The van der Waals surface area contributed by atoms with E-state index in [-0.39, 0.29) is 29.3 Å². The van der Waals surface area contributed by atoms with Crippen LogP contribution in [0.25, 0.3) is 0 Å². The fourth-order valence-corrected chi connectivity index (χ4v) is 6.02. The van der Waals surface area contributed by atoms with E-state index in [1.165, 1.54) is 6.42 Å². The molecule has 1 saturated carbocycles. The molecule has 6 nitrogen and oxygen atoms in total. The minimum absolute atomic E-state index is 0.0356. The molecule has 2 heterocycles. The molecule has 2 aliphatic heterocycles. The molecule has 0 radical (unpaired) electrons. The van der Waals surface area contributed by atoms with Gasteiger partial charge in [-0.25, -0.2) is 0 Å². The Balaban J connectivity index is 1.34. The number of piperidine rings is 1. The maximum Gasteiger partial charge on any atom is 0.260 e. The Kier molecular flexibility index (Phi) is 5.80. The highest BCUT2D eigenvalue weighted by molar-refractivity contribution is 5.94. The number of amides is 2. The molecule has 0 aromatic heterocycles. The average molecular weight is 415 g/mol. The van der Waals surface area contributed by atoms with Gasteiger partial charge in [0.2, 0.25) is 0 Å². The molecule has 1 aromatic carbocycles. The van der Waals surface area contributed by atoms with Gasteiger partial charge in [-0.1, -0.05) is 13.8 Å². The smallest absolute Gasteiger partial charge is 0.260 e. The topological polar surface area (TPSA) is 59.1 Å². The van der Waals surface area contributed by atoms with Gasteiger partial charge >= 0.3 is 0 Å². The van der Waals surface area contributed by atoms with Crippen molar-refractivity contribution in [1.29, 1.82) is 0 Å². The Morgan fingerprint density at radius 2 is 1.77 bits per heavy atom. The van der Waals surface area contributed by atoms with Crippen molar-refractivity contribution in [1.82, 2.24) is 9.80 Å². The molecule has 1 aliphatic carbocycles. The van der Waals surface area contributed by atoms with Crippen LogP contribution < -0.4 is 4.74 Å². The van der Waals surface area contributed by atoms with E-state index in [0.717, 1.165) is 45.4 Å². The third kappa shape index (κ3) is 3.94. The number of methoxy groups -OCH3 is 1. The summed E-state index contributed by atoms with van der Waals surface area (Å²) in [6.07, 6.45) is 4.44. The van der Waals surface area contributed by atoms with Crippen molar-refractivity contribution < 1.29 is 19.1 Å². The number of carbonyl (C=O) groups is 2. The molecule has 2 saturated heterocycles. The lowest BCUT2D eigenvalue weighted by Crippen LogP contribution is -2.55. The Bertz CT molecular complexity index is 785. The van der Waals surface area contributed by atoms with Crippen molar-refractivity contribution in [2.75, 3.05) is 46.5 Å². The summed E-state index contributed by atoms with van der Waals surface area (Å²) in [5, 5.41) is 0. The van der Waals surface area contributed by atoms with Gasteiger partial charge in [0.15, 0.2) is 6.61 Å². The van der Waals surface area contributed by atoms with Crippen LogP contribution in [0.3, 0.4) is 0 Å². The zero-order chi connectivity index (χ0) is 21.4. The SMILES string of the molecule is COC[C@@]12CN(C(=O)c3ccc(OCC(=O)N4CCCCC4)cc3)C[C@@H]1C(C)(C)C2. The number of carbonyl (C=O) groups excluding carboxylic acids is 2. The first-order valence-electron chi connectivity index (χ1n) is 11.1. The predicted octanol–water partition coefficient (Wildman–Crippen LogP) is 3.21. The van der Waals surface area contributed by atoms with Crippen molar-refractivity contribution >= 4 is 11.8 Å². The number of rotatable bonds is 6. The summed E-state index contributed by atoms with van der Waals surface area (Å²) < 4.78 is 11.2. The molecule has 0 N–H and O–H groups in total. The van der Waals surface area contributed by atoms with E-state index in [1.807, 2.05) is 9.80 Å². The lowest BCUT2D eigenvalue weighted by molar-refractivity contribution is -0.134. The summed E-state index contributed by atoms with van der Waals surface area (Å²) in [7, 11) is 1.75. The van der Waals surface area contributed by atoms with Crippen LogP contribution in [0.4, 0.5) is 0 Å². The largest absolute Gasteiger partial charge is 0.484 e. The highest BCUT2D eigenvalue weighted by Crippen LogP contribution is 2.62. The molecule has 6 heteroatoms. The summed E-state index contributed by atoms with van der Waals surface area (Å²) in [5.74, 6) is 1.20. The molecule has 2 atom stereocenters. The van der Waals surface area contributed by atoms with E-state index in [9.17, 15) is 9.59 Å². The van der Waals surface area contributed by atoms with Gasteiger partial charge in [-0.2, -0.15) is 0 Å². The van der Waals surface area contributed by atoms with Gasteiger partial charge in [0, 0.05) is 44.3 Å². The molecule has 2 amide bonds. The zero-order valence-electron chi connectivity index (χ0n) is 18.5. The lowest BCUT2D eigenvalue weighted by Gasteiger charge is -2.56. The molecule has 164 valence electrons. The van der Waals surface area contributed by atoms with Gasteiger partial charge in [-0.3, -0.25) is 9.59 Å². The normalized spacial score (nSPS) is 27.4. The van der Waals surface area contributed by atoms with Crippen molar-refractivity contribution in [2.24, 2.45) is 16.7 Å². The Morgan fingerprint density at radius 1 is 1.07 bits per heavy atom. The summed E-state index contributed by atoms with van der Waals surface area (Å²) in [4.78, 5) is 29.2. The van der Waals surface area contributed by atoms with Gasteiger partial charge in [0.1, 0.15) is 5.75 Å². The molecule has 0 unspecified atom stereocenters. The van der Waals surface area contributed by atoms with Crippen molar-refractivity contribution in [3.05, 3.63) is 29.8 Å². The Morgan fingerprint density at radius 3 is 2.40 bits per heavy atom. The van der Waals surface area contributed by atoms with Crippen LogP contribution in [0.1, 0.15) is 49.9 Å². The first kappa shape index (κ1) is 21.2. The van der Waals surface area contributed by atoms with Crippen molar-refractivity contribution in [2.45, 2.75) is 39.5 Å². The first-order chi connectivity index (χ1) is 14.3. The second-order valence-corrected chi connectivity index (χ2v) is 9.95. The fraction of sp³-hybridized carbons (Fsp3) is 0.667. The van der Waals surface area contributed by atoms with Gasteiger partial charge in [0.25, 0.3) is 11.8 Å². The number of benzene rings is 1. The van der Waals surface area contributed by atoms with Gasteiger partial charge in [0.05, 0.1) is 6.61 Å². The van der Waals surface area contributed by atoms with Gasteiger partial charge in [-0.15, -0.1) is 0 Å². The molecular formula is C24H34N2O4. The van der Waals surface area contributed by atoms with E-state index in [0.29, 0.717) is 23.8 Å². The van der Waals surface area contributed by atoms with Crippen LogP contribution in [0.2, 0.25) is 0 Å². The summed E-state index contributed by atoms with van der Waals surface area (Å²) in [6, 6.07) is 7.18. The van der Waals surface area contributed by atoms with Gasteiger partial charge < -0.3 is 19.3 Å². The zero-order valence-corrected chi connectivity index (χ0v) is 18.5. The summed E-state index contributed by atoms with van der Waals surface area (Å²) in [6.45, 7) is 8.54. The number of likely N-dealkylation sites (tertiary alicyclic amines) is 2. The van der Waals surface area contributed by atoms with Crippen LogP contribution in [-0.2, 0) is 9.53 Å². The minimum Gasteiger partial charge on any atom is -0.484 e. The third-order valence-corrected chi connectivity index (χ3v) is 7.29. The Labute approximate surface area is 179 Å². The van der Waals surface area contributed by atoms with E-state index in [4.69, 9.17) is 9.47 Å². The van der Waals surface area contributed by atoms with Crippen molar-refractivity contribution in [3.63, 3.8) is 0 Å². The number of hydrogen-bond donors (Lipinski definition) is 0. The molecule has 3 fully saturated rings. The Hall–Kier alpha value is -2.08. The minimum atomic E-state index is 0.0356. The molecular weight excluding hydrogens is 380 g/mol. The van der Waals surface area contributed by atoms with Crippen LogP contribution >= 0.6 is 0 Å². The third-order valence-electron chi connectivity index (χ3n) is 7.29. The molecule has 30 heavy (non-hydrogen) atoms. The number of fused-ring (bicyclic) bond motifs is 1. The fourth-order valence-electron chi connectivity index (χ4n) is 6.02. The van der Waals surface area contributed by atoms with E-state index in [2.05, 4.69) is 13.8 Å². The predicted molar refractivity (Wildman–Crippen MR) is 114 cm³/mol. The number of nitrogens with zero attached hydrogens (tertiary/aromatic N) is 2. The molecule has 4 rings (SSSR count). The van der Waals surface area contributed by atoms with E-state index >= 15 is 0 Å². The first-order valence-corrected chi connectivity index (χ1v) is 11.1. The van der Waals surface area contributed by atoms with Crippen LogP contribution in [0.5, 0.6) is 5.75 Å². The standard InChI is InChI=1S/C24H34N2O4/c1-23(2)15-24(17-29-3)16-26(13-20(23)24)22(28)18-7-9-19(10-8-18)30-14-21(27)25-11-5-4-6-12-25/h7-10,20H,4-6,11-17H2,1-3H3/t20-,24-/m1/s1. The second kappa shape index (κ2) is 8.22. The van der Waals surface area contributed by atoms with Crippen LogP contribution in [-0.4, -0.2) is 68.1 Å². The highest BCUT2D eigenvalue weighted by Gasteiger charge is 2.63. The monoisotopic (exact) mass is 414 g/mol. The highest BCUT2D eigenvalue weighted by atomic mass is 16.5. The number of ether oxygens (including phenoxy) is 2. The quantitative estimate of drug-likeness (QED) is 0.717.